The van der Waals surface area contributed by atoms with Gasteiger partial charge in [0.25, 0.3) is 11.8 Å². The van der Waals surface area contributed by atoms with E-state index in [1.165, 1.54) is 90.9 Å². The van der Waals surface area contributed by atoms with Gasteiger partial charge in [-0.05, 0) is 86.7 Å². The summed E-state index contributed by atoms with van der Waals surface area (Å²) in [6, 6.07) is 15.8. The molecule has 4 heterocycles. The highest BCUT2D eigenvalue weighted by atomic mass is 79.9. The van der Waals surface area contributed by atoms with Gasteiger partial charge in [0.05, 0.1) is 36.1 Å². The van der Waals surface area contributed by atoms with Gasteiger partial charge in [-0.25, -0.2) is 4.90 Å². The molecule has 0 radical (unpaired) electrons. The minimum atomic E-state index is -0.321. The zero-order valence-corrected chi connectivity index (χ0v) is 30.2. The molecular weight excluding hydrogens is 738 g/mol. The van der Waals surface area contributed by atoms with Crippen LogP contribution in [0.2, 0.25) is 0 Å². The SMILES string of the molecule is CCCCCCCCCCCCc1ccc(N2C(=O)c3c(c(-c4ccc(Br)s4)c4nsnc4c3-c3ccc(Br)s3)C2=O)cc1. The fourth-order valence-electron chi connectivity index (χ4n) is 5.99. The summed E-state index contributed by atoms with van der Waals surface area (Å²) in [6.45, 7) is 2.26. The molecular formula is C34H33Br2N3O2S3. The lowest BCUT2D eigenvalue weighted by atomic mass is 9.93. The molecule has 0 spiro atoms. The van der Waals surface area contributed by atoms with Crippen molar-refractivity contribution < 1.29 is 9.59 Å². The first-order chi connectivity index (χ1) is 21.5. The number of carbonyl (C=O) groups excluding carboxylic acids is 2. The van der Waals surface area contributed by atoms with Crippen molar-refractivity contribution in [3.05, 3.63) is 72.8 Å². The van der Waals surface area contributed by atoms with Crippen molar-refractivity contribution in [2.75, 3.05) is 4.90 Å². The quantitative estimate of drug-likeness (QED) is 0.0833. The van der Waals surface area contributed by atoms with Crippen molar-refractivity contribution in [3.63, 3.8) is 0 Å². The Bertz CT molecular complexity index is 1700. The number of fused-ring (bicyclic) bond motifs is 2. The number of aryl methyl sites for hydroxylation is 1. The van der Waals surface area contributed by atoms with Crippen LogP contribution in [0.5, 0.6) is 0 Å². The molecule has 0 unspecified atom stereocenters. The van der Waals surface area contributed by atoms with Gasteiger partial charge in [0.15, 0.2) is 0 Å². The second-order valence-electron chi connectivity index (χ2n) is 11.2. The number of anilines is 1. The molecule has 0 aliphatic carbocycles. The average molecular weight is 772 g/mol. The number of hydrogen-bond acceptors (Lipinski definition) is 7. The van der Waals surface area contributed by atoms with E-state index in [1.807, 2.05) is 36.4 Å². The van der Waals surface area contributed by atoms with Crippen LogP contribution in [0.25, 0.3) is 31.9 Å². The summed E-state index contributed by atoms with van der Waals surface area (Å²) in [7, 11) is 0. The number of benzene rings is 2. The molecule has 44 heavy (non-hydrogen) atoms. The predicted octanol–water partition coefficient (Wildman–Crippen LogP) is 11.9. The van der Waals surface area contributed by atoms with E-state index in [2.05, 4.69) is 59.7 Å². The largest absolute Gasteiger partial charge is 0.268 e. The maximum absolute atomic E-state index is 14.3. The minimum Gasteiger partial charge on any atom is -0.268 e. The molecule has 0 fully saturated rings. The van der Waals surface area contributed by atoms with Gasteiger partial charge in [-0.1, -0.05) is 76.8 Å². The molecule has 2 aromatic carbocycles. The van der Waals surface area contributed by atoms with Crippen LogP contribution in [0, 0.1) is 0 Å². The van der Waals surface area contributed by atoms with E-state index in [9.17, 15) is 9.59 Å². The van der Waals surface area contributed by atoms with Crippen LogP contribution < -0.4 is 4.90 Å². The number of imide groups is 1. The molecule has 0 atom stereocenters. The number of hydrogen-bond donors (Lipinski definition) is 0. The molecule has 1 aliphatic heterocycles. The highest BCUT2D eigenvalue weighted by Crippen LogP contribution is 2.49. The third-order valence-electron chi connectivity index (χ3n) is 8.20. The highest BCUT2D eigenvalue weighted by molar-refractivity contribution is 9.11. The second-order valence-corrected chi connectivity index (χ2v) is 16.7. The zero-order chi connectivity index (χ0) is 30.6. The van der Waals surface area contributed by atoms with Gasteiger partial charge in [0.1, 0.15) is 11.0 Å². The van der Waals surface area contributed by atoms with Crippen LogP contribution >= 0.6 is 66.3 Å². The number of thiophene rings is 2. The number of nitrogens with zero attached hydrogens (tertiary/aromatic N) is 3. The summed E-state index contributed by atoms with van der Waals surface area (Å²) in [5, 5.41) is 0. The zero-order valence-electron chi connectivity index (χ0n) is 24.5. The standard InChI is InChI=1S/C34H33Br2N3O2S3/c1-2-3-4-5-6-7-8-9-10-11-12-21-13-15-22(16-14-21)39-33(40)29-27(23-17-19-25(35)42-23)31-32(38-44-37-31)28(30(29)34(39)41)24-18-20-26(36)43-24/h13-20H,2-12H2,1H3. The van der Waals surface area contributed by atoms with Gasteiger partial charge in [0.2, 0.25) is 0 Å². The van der Waals surface area contributed by atoms with E-state index < -0.39 is 0 Å². The van der Waals surface area contributed by atoms with Gasteiger partial charge >= 0.3 is 0 Å². The van der Waals surface area contributed by atoms with Crippen LogP contribution in [0.15, 0.2) is 56.1 Å². The van der Waals surface area contributed by atoms with Crippen molar-refractivity contribution in [2.45, 2.75) is 77.6 Å². The lowest BCUT2D eigenvalue weighted by Crippen LogP contribution is -2.29. The van der Waals surface area contributed by atoms with E-state index in [-0.39, 0.29) is 11.8 Å². The van der Waals surface area contributed by atoms with Crippen molar-refractivity contribution >= 4 is 94.8 Å². The molecule has 5 nitrogen and oxygen atoms in total. The molecule has 0 bridgehead atoms. The molecule has 1 aliphatic rings. The van der Waals surface area contributed by atoms with E-state index >= 15 is 0 Å². The van der Waals surface area contributed by atoms with Crippen molar-refractivity contribution in [2.24, 2.45) is 0 Å². The number of unbranched alkanes of at least 4 members (excludes halogenated alkanes) is 9. The van der Waals surface area contributed by atoms with Gasteiger partial charge in [-0.15, -0.1) is 22.7 Å². The number of carbonyl (C=O) groups is 2. The first kappa shape index (κ1) is 31.7. The average Bonchev–Trinajstić information content (AvgIpc) is 3.82. The van der Waals surface area contributed by atoms with E-state index in [0.29, 0.717) is 39.0 Å². The number of rotatable bonds is 14. The van der Waals surface area contributed by atoms with Gasteiger partial charge in [0, 0.05) is 20.9 Å². The van der Waals surface area contributed by atoms with Crippen molar-refractivity contribution in [1.82, 2.24) is 8.75 Å². The maximum atomic E-state index is 14.3. The molecule has 228 valence electrons. The predicted molar refractivity (Wildman–Crippen MR) is 193 cm³/mol. The van der Waals surface area contributed by atoms with E-state index in [4.69, 9.17) is 0 Å². The minimum absolute atomic E-state index is 0.321. The molecule has 0 N–H and O–H groups in total. The Labute approximate surface area is 287 Å². The Balaban J connectivity index is 1.23. The normalized spacial score (nSPS) is 13.0. The summed E-state index contributed by atoms with van der Waals surface area (Å²) < 4.78 is 11.2. The van der Waals surface area contributed by atoms with E-state index in [1.54, 1.807) is 0 Å². The molecule has 2 amide bonds. The summed E-state index contributed by atoms with van der Waals surface area (Å²) in [6.07, 6.45) is 14.1. The fourth-order valence-corrected chi connectivity index (χ4v) is 9.42. The fraction of sp³-hybridized carbons (Fsp3) is 0.353. The summed E-state index contributed by atoms with van der Waals surface area (Å²) in [5.41, 5.74) is 5.27. The first-order valence-electron chi connectivity index (χ1n) is 15.3. The Kier molecular flexibility index (Phi) is 10.4. The number of halogens is 2. The molecule has 0 saturated heterocycles. The molecule has 3 aromatic heterocycles. The maximum Gasteiger partial charge on any atom is 0.266 e. The van der Waals surface area contributed by atoms with Crippen molar-refractivity contribution in [1.29, 1.82) is 0 Å². The Morgan fingerprint density at radius 2 is 1.09 bits per heavy atom. The van der Waals surface area contributed by atoms with Crippen LogP contribution in [0.3, 0.4) is 0 Å². The molecule has 10 heteroatoms. The number of aromatic nitrogens is 2. The molecule has 0 saturated carbocycles. The summed E-state index contributed by atoms with van der Waals surface area (Å²) >= 11 is 11.3. The van der Waals surface area contributed by atoms with Gasteiger partial charge in [-0.3, -0.25) is 9.59 Å². The number of amides is 2. The van der Waals surface area contributed by atoms with Crippen LogP contribution in [-0.2, 0) is 6.42 Å². The first-order valence-corrected chi connectivity index (χ1v) is 19.2. The summed E-state index contributed by atoms with van der Waals surface area (Å²) in [5.74, 6) is -0.641. The van der Waals surface area contributed by atoms with Gasteiger partial charge in [-0.2, -0.15) is 8.75 Å². The van der Waals surface area contributed by atoms with Crippen LogP contribution in [0.1, 0.15) is 97.4 Å². The second kappa shape index (κ2) is 14.5. The van der Waals surface area contributed by atoms with Crippen LogP contribution in [-0.4, -0.2) is 20.6 Å². The van der Waals surface area contributed by atoms with Gasteiger partial charge < -0.3 is 0 Å². The summed E-state index contributed by atoms with van der Waals surface area (Å²) in [4.78, 5) is 31.6. The van der Waals surface area contributed by atoms with Crippen molar-refractivity contribution in [3.8, 4) is 20.9 Å². The Morgan fingerprint density at radius 3 is 1.55 bits per heavy atom. The molecule has 5 aromatic rings. The topological polar surface area (TPSA) is 63.2 Å². The highest BCUT2D eigenvalue weighted by Gasteiger charge is 2.43. The Morgan fingerprint density at radius 1 is 0.614 bits per heavy atom. The van der Waals surface area contributed by atoms with Crippen LogP contribution in [0.4, 0.5) is 5.69 Å². The smallest absolute Gasteiger partial charge is 0.266 e. The monoisotopic (exact) mass is 769 g/mol. The third kappa shape index (κ3) is 6.51. The lowest BCUT2D eigenvalue weighted by molar-refractivity contribution is 0.0926. The lowest BCUT2D eigenvalue weighted by Gasteiger charge is -2.15. The molecule has 6 rings (SSSR count). The van der Waals surface area contributed by atoms with E-state index in [0.717, 1.165) is 41.9 Å². The third-order valence-corrected chi connectivity index (χ3v) is 12.0. The Hall–Kier alpha value is -2.24.